The Kier molecular flexibility index (Phi) is 5.65. The number of hydrogen-bond acceptors (Lipinski definition) is 3. The van der Waals surface area contributed by atoms with E-state index in [-0.39, 0.29) is 5.78 Å². The van der Waals surface area contributed by atoms with Crippen molar-refractivity contribution >= 4 is 5.78 Å². The second-order valence-corrected chi connectivity index (χ2v) is 6.33. The molecule has 0 spiro atoms. The van der Waals surface area contributed by atoms with Crippen molar-refractivity contribution in [3.05, 3.63) is 70.8 Å². The van der Waals surface area contributed by atoms with E-state index in [1.54, 1.807) is 6.92 Å². The summed E-state index contributed by atoms with van der Waals surface area (Å²) in [6.45, 7) is 7.41. The van der Waals surface area contributed by atoms with Gasteiger partial charge in [0.1, 0.15) is 0 Å². The van der Waals surface area contributed by atoms with Gasteiger partial charge in [-0.1, -0.05) is 36.1 Å². The number of rotatable bonds is 3. The molecule has 0 amide bonds. The van der Waals surface area contributed by atoms with Gasteiger partial charge in [0.2, 0.25) is 0 Å². The Morgan fingerprint density at radius 3 is 2.00 bits per heavy atom. The standard InChI is InChI=1S/C22H23NO2/c1-17(23-13-15-25-16-14-23)21-9-5-19(6-10-21)3-4-20-7-11-22(12-8-20)18(2)24/h5-12,17H,13-16H2,1-2H3. The van der Waals surface area contributed by atoms with Crippen LogP contribution in [0.4, 0.5) is 0 Å². The van der Waals surface area contributed by atoms with Gasteiger partial charge in [0.05, 0.1) is 13.2 Å². The first-order chi connectivity index (χ1) is 12.1. The molecule has 25 heavy (non-hydrogen) atoms. The Hall–Kier alpha value is -2.41. The summed E-state index contributed by atoms with van der Waals surface area (Å²) in [5.41, 5.74) is 3.93. The SMILES string of the molecule is CC(=O)c1ccc(C#Cc2ccc(C(C)N3CCOCC3)cc2)cc1. The Morgan fingerprint density at radius 1 is 0.960 bits per heavy atom. The molecule has 0 N–H and O–H groups in total. The molecular weight excluding hydrogens is 310 g/mol. The van der Waals surface area contributed by atoms with Crippen LogP contribution in [-0.4, -0.2) is 37.0 Å². The maximum Gasteiger partial charge on any atom is 0.159 e. The van der Waals surface area contributed by atoms with E-state index in [9.17, 15) is 4.79 Å². The molecule has 3 heteroatoms. The van der Waals surface area contributed by atoms with Crippen LogP contribution >= 0.6 is 0 Å². The Bertz CT molecular complexity index is 776. The van der Waals surface area contributed by atoms with E-state index in [1.165, 1.54) is 5.56 Å². The van der Waals surface area contributed by atoms with Crippen LogP contribution in [-0.2, 0) is 4.74 Å². The monoisotopic (exact) mass is 333 g/mol. The van der Waals surface area contributed by atoms with E-state index in [0.717, 1.165) is 37.4 Å². The normalized spacial score (nSPS) is 15.9. The van der Waals surface area contributed by atoms with Gasteiger partial charge in [0.15, 0.2) is 5.78 Å². The van der Waals surface area contributed by atoms with Crippen LogP contribution in [0.25, 0.3) is 0 Å². The first kappa shape index (κ1) is 17.4. The lowest BCUT2D eigenvalue weighted by Gasteiger charge is -2.32. The number of ether oxygens (including phenoxy) is 1. The lowest BCUT2D eigenvalue weighted by molar-refractivity contribution is 0.0198. The molecule has 0 saturated carbocycles. The van der Waals surface area contributed by atoms with E-state index < -0.39 is 0 Å². The molecular formula is C22H23NO2. The molecule has 3 rings (SSSR count). The Morgan fingerprint density at radius 2 is 1.48 bits per heavy atom. The number of nitrogens with zero attached hydrogens (tertiary/aromatic N) is 1. The molecule has 1 atom stereocenters. The minimum Gasteiger partial charge on any atom is -0.379 e. The van der Waals surface area contributed by atoms with Gasteiger partial charge < -0.3 is 4.74 Å². The Labute approximate surface area is 149 Å². The van der Waals surface area contributed by atoms with Crippen molar-refractivity contribution in [3.63, 3.8) is 0 Å². The van der Waals surface area contributed by atoms with Crippen molar-refractivity contribution in [2.24, 2.45) is 0 Å². The highest BCUT2D eigenvalue weighted by atomic mass is 16.5. The molecule has 0 aromatic heterocycles. The number of hydrogen-bond donors (Lipinski definition) is 0. The van der Waals surface area contributed by atoms with Gasteiger partial charge in [-0.2, -0.15) is 0 Å². The van der Waals surface area contributed by atoms with E-state index >= 15 is 0 Å². The molecule has 3 nitrogen and oxygen atoms in total. The molecule has 2 aromatic carbocycles. The molecule has 1 fully saturated rings. The van der Waals surface area contributed by atoms with E-state index in [4.69, 9.17) is 4.74 Å². The number of benzene rings is 2. The fourth-order valence-electron chi connectivity index (χ4n) is 2.95. The molecule has 0 bridgehead atoms. The smallest absolute Gasteiger partial charge is 0.159 e. The van der Waals surface area contributed by atoms with Crippen molar-refractivity contribution in [1.82, 2.24) is 4.90 Å². The van der Waals surface area contributed by atoms with Gasteiger partial charge in [-0.15, -0.1) is 0 Å². The predicted molar refractivity (Wildman–Crippen MR) is 99.7 cm³/mol. The molecule has 1 unspecified atom stereocenters. The number of Topliss-reactive ketones (excluding diaryl/α,β-unsaturated/α-hetero) is 1. The van der Waals surface area contributed by atoms with Crippen LogP contribution in [0, 0.1) is 11.8 Å². The molecule has 2 aromatic rings. The molecule has 1 aliphatic heterocycles. The fourth-order valence-corrected chi connectivity index (χ4v) is 2.95. The zero-order valence-corrected chi connectivity index (χ0v) is 14.8. The largest absolute Gasteiger partial charge is 0.379 e. The number of ketones is 1. The predicted octanol–water partition coefficient (Wildman–Crippen LogP) is 3.68. The summed E-state index contributed by atoms with van der Waals surface area (Å²) in [5.74, 6) is 6.41. The molecule has 1 aliphatic rings. The van der Waals surface area contributed by atoms with Crippen LogP contribution in [0.3, 0.4) is 0 Å². The highest BCUT2D eigenvalue weighted by Gasteiger charge is 2.18. The summed E-state index contributed by atoms with van der Waals surface area (Å²) < 4.78 is 5.42. The van der Waals surface area contributed by atoms with Crippen LogP contribution in [0.2, 0.25) is 0 Å². The minimum absolute atomic E-state index is 0.0736. The van der Waals surface area contributed by atoms with Crippen LogP contribution in [0.5, 0.6) is 0 Å². The molecule has 128 valence electrons. The molecule has 1 saturated heterocycles. The van der Waals surface area contributed by atoms with Gasteiger partial charge in [0.25, 0.3) is 0 Å². The second kappa shape index (κ2) is 8.11. The Balaban J connectivity index is 1.67. The zero-order valence-electron chi connectivity index (χ0n) is 14.8. The molecule has 0 radical (unpaired) electrons. The van der Waals surface area contributed by atoms with Crippen LogP contribution in [0.1, 0.15) is 46.9 Å². The lowest BCUT2D eigenvalue weighted by Crippen LogP contribution is -2.37. The molecule has 1 heterocycles. The minimum atomic E-state index is 0.0736. The summed E-state index contributed by atoms with van der Waals surface area (Å²) in [4.78, 5) is 13.7. The summed E-state index contributed by atoms with van der Waals surface area (Å²) >= 11 is 0. The van der Waals surface area contributed by atoms with Crippen molar-refractivity contribution in [3.8, 4) is 11.8 Å². The number of carbonyl (C=O) groups excluding carboxylic acids is 1. The van der Waals surface area contributed by atoms with E-state index in [2.05, 4.69) is 47.9 Å². The van der Waals surface area contributed by atoms with Crippen molar-refractivity contribution in [2.45, 2.75) is 19.9 Å². The van der Waals surface area contributed by atoms with Gasteiger partial charge in [0, 0.05) is 35.8 Å². The fraction of sp³-hybridized carbons (Fsp3) is 0.318. The van der Waals surface area contributed by atoms with E-state index in [0.29, 0.717) is 11.6 Å². The van der Waals surface area contributed by atoms with Gasteiger partial charge in [-0.3, -0.25) is 9.69 Å². The highest BCUT2D eigenvalue weighted by Crippen LogP contribution is 2.21. The average molecular weight is 333 g/mol. The van der Waals surface area contributed by atoms with Crippen molar-refractivity contribution in [1.29, 1.82) is 0 Å². The van der Waals surface area contributed by atoms with Crippen LogP contribution in [0.15, 0.2) is 48.5 Å². The quantitative estimate of drug-likeness (QED) is 0.634. The van der Waals surface area contributed by atoms with Crippen LogP contribution < -0.4 is 0 Å². The van der Waals surface area contributed by atoms with Crippen molar-refractivity contribution in [2.75, 3.05) is 26.3 Å². The first-order valence-corrected chi connectivity index (χ1v) is 8.68. The maximum absolute atomic E-state index is 11.3. The van der Waals surface area contributed by atoms with Gasteiger partial charge in [-0.25, -0.2) is 0 Å². The van der Waals surface area contributed by atoms with E-state index in [1.807, 2.05) is 24.3 Å². The molecule has 0 aliphatic carbocycles. The maximum atomic E-state index is 11.3. The summed E-state index contributed by atoms with van der Waals surface area (Å²) in [6.07, 6.45) is 0. The number of morpholine rings is 1. The summed E-state index contributed by atoms with van der Waals surface area (Å²) in [6, 6.07) is 16.3. The summed E-state index contributed by atoms with van der Waals surface area (Å²) in [7, 11) is 0. The third-order valence-corrected chi connectivity index (χ3v) is 4.63. The zero-order chi connectivity index (χ0) is 17.6. The average Bonchev–Trinajstić information content (AvgIpc) is 2.67. The first-order valence-electron chi connectivity index (χ1n) is 8.68. The second-order valence-electron chi connectivity index (χ2n) is 6.33. The third kappa shape index (κ3) is 4.57. The van der Waals surface area contributed by atoms with Crippen molar-refractivity contribution < 1.29 is 9.53 Å². The summed E-state index contributed by atoms with van der Waals surface area (Å²) in [5, 5.41) is 0. The topological polar surface area (TPSA) is 29.5 Å². The third-order valence-electron chi connectivity index (χ3n) is 4.63. The highest BCUT2D eigenvalue weighted by molar-refractivity contribution is 5.94. The van der Waals surface area contributed by atoms with Gasteiger partial charge >= 0.3 is 0 Å². The number of carbonyl (C=O) groups is 1. The van der Waals surface area contributed by atoms with Gasteiger partial charge in [-0.05, 0) is 43.7 Å². The lowest BCUT2D eigenvalue weighted by atomic mass is 10.0.